The summed E-state index contributed by atoms with van der Waals surface area (Å²) in [5, 5.41) is 0. The van der Waals surface area contributed by atoms with Crippen LogP contribution in [-0.4, -0.2) is 0 Å². The van der Waals surface area contributed by atoms with E-state index in [2.05, 4.69) is 22.9 Å². The van der Waals surface area contributed by atoms with E-state index < -0.39 is 0 Å². The van der Waals surface area contributed by atoms with Gasteiger partial charge >= 0.3 is 0 Å². The topological polar surface area (TPSA) is 0 Å². The van der Waals surface area contributed by atoms with Crippen LogP contribution >= 0.6 is 15.9 Å². The van der Waals surface area contributed by atoms with E-state index in [1.165, 1.54) is 11.6 Å². The molecule has 1 aromatic carbocycles. The van der Waals surface area contributed by atoms with Gasteiger partial charge in [-0.25, -0.2) is 4.39 Å². The van der Waals surface area contributed by atoms with Crippen LogP contribution in [0.15, 0.2) is 18.2 Å². The maximum atomic E-state index is 13.1. The summed E-state index contributed by atoms with van der Waals surface area (Å²) in [5.74, 6) is -0.128. The molecule has 2 heteroatoms. The molecule has 1 rings (SSSR count). The first-order chi connectivity index (χ1) is 5.65. The maximum absolute atomic E-state index is 13.1. The molecule has 1 unspecified atom stereocenters. The zero-order valence-electron chi connectivity index (χ0n) is 7.27. The van der Waals surface area contributed by atoms with Crippen molar-refractivity contribution < 1.29 is 4.39 Å². The lowest BCUT2D eigenvalue weighted by Crippen LogP contribution is -1.92. The van der Waals surface area contributed by atoms with E-state index in [9.17, 15) is 4.39 Å². The fourth-order valence-electron chi connectivity index (χ4n) is 1.12. The zero-order valence-corrected chi connectivity index (χ0v) is 8.86. The highest BCUT2D eigenvalue weighted by molar-refractivity contribution is 9.09. The molecule has 0 aliphatic carbocycles. The molecule has 1 aromatic rings. The molecule has 0 radical (unpaired) electrons. The van der Waals surface area contributed by atoms with Gasteiger partial charge < -0.3 is 0 Å². The van der Waals surface area contributed by atoms with E-state index in [0.717, 1.165) is 12.0 Å². The summed E-state index contributed by atoms with van der Waals surface area (Å²) in [6.45, 7) is 3.99. The molecule has 0 heterocycles. The molecular weight excluding hydrogens is 219 g/mol. The zero-order chi connectivity index (χ0) is 9.14. The lowest BCUT2D eigenvalue weighted by atomic mass is 10.1. The molecule has 0 spiro atoms. The Balaban J connectivity index is 3.08. The molecule has 0 amide bonds. The second-order valence-corrected chi connectivity index (χ2v) is 4.20. The molecular formula is C10H12BrF. The van der Waals surface area contributed by atoms with Crippen LogP contribution in [0, 0.1) is 5.82 Å². The van der Waals surface area contributed by atoms with Crippen LogP contribution in [0.3, 0.4) is 0 Å². The van der Waals surface area contributed by atoms with Gasteiger partial charge in [0.1, 0.15) is 5.82 Å². The second-order valence-electron chi connectivity index (χ2n) is 2.83. The standard InChI is InChI=1S/C10H12BrF/c1-3-8-4-5-10(12)9(6-8)7(2)11/h4-7H,3H2,1-2H3. The fraction of sp³-hybridized carbons (Fsp3) is 0.400. The van der Waals surface area contributed by atoms with Crippen molar-refractivity contribution in [3.05, 3.63) is 35.1 Å². The minimum atomic E-state index is -0.128. The van der Waals surface area contributed by atoms with Crippen molar-refractivity contribution in [1.82, 2.24) is 0 Å². The molecule has 0 saturated heterocycles. The minimum absolute atomic E-state index is 0.0870. The molecule has 0 saturated carbocycles. The lowest BCUT2D eigenvalue weighted by Gasteiger charge is -2.06. The molecule has 0 aliphatic rings. The summed E-state index contributed by atoms with van der Waals surface area (Å²) < 4.78 is 13.1. The molecule has 1 atom stereocenters. The number of rotatable bonds is 2. The van der Waals surface area contributed by atoms with Crippen molar-refractivity contribution in [2.24, 2.45) is 0 Å². The predicted octanol–water partition coefficient (Wildman–Crippen LogP) is 3.84. The van der Waals surface area contributed by atoms with Crippen LogP contribution in [0.5, 0.6) is 0 Å². The van der Waals surface area contributed by atoms with Gasteiger partial charge in [-0.1, -0.05) is 35.0 Å². The van der Waals surface area contributed by atoms with Gasteiger partial charge in [0.15, 0.2) is 0 Å². The summed E-state index contributed by atoms with van der Waals surface area (Å²) in [7, 11) is 0. The number of aryl methyl sites for hydroxylation is 1. The van der Waals surface area contributed by atoms with E-state index in [1.54, 1.807) is 0 Å². The first-order valence-electron chi connectivity index (χ1n) is 4.07. The first kappa shape index (κ1) is 9.72. The monoisotopic (exact) mass is 230 g/mol. The third-order valence-electron chi connectivity index (χ3n) is 1.90. The van der Waals surface area contributed by atoms with Gasteiger partial charge in [0.05, 0.1) is 0 Å². The highest BCUT2D eigenvalue weighted by atomic mass is 79.9. The number of hydrogen-bond acceptors (Lipinski definition) is 0. The Labute approximate surface area is 80.9 Å². The first-order valence-corrected chi connectivity index (χ1v) is 4.99. The van der Waals surface area contributed by atoms with Crippen LogP contribution in [0.4, 0.5) is 4.39 Å². The van der Waals surface area contributed by atoms with Crippen molar-refractivity contribution in [1.29, 1.82) is 0 Å². The molecule has 0 aromatic heterocycles. The SMILES string of the molecule is CCc1ccc(F)c(C(C)Br)c1. The Hall–Kier alpha value is -0.370. The molecule has 0 N–H and O–H groups in total. The Bertz CT molecular complexity index is 269. The van der Waals surface area contributed by atoms with Crippen molar-refractivity contribution in [3.8, 4) is 0 Å². The number of halogens is 2. The minimum Gasteiger partial charge on any atom is -0.207 e. The highest BCUT2D eigenvalue weighted by Gasteiger charge is 2.07. The van der Waals surface area contributed by atoms with Crippen molar-refractivity contribution in [2.75, 3.05) is 0 Å². The molecule has 0 bridgehead atoms. The van der Waals surface area contributed by atoms with Gasteiger partial charge in [-0.3, -0.25) is 0 Å². The lowest BCUT2D eigenvalue weighted by molar-refractivity contribution is 0.611. The normalized spacial score (nSPS) is 13.0. The summed E-state index contributed by atoms with van der Waals surface area (Å²) in [6, 6.07) is 5.27. The van der Waals surface area contributed by atoms with E-state index in [0.29, 0.717) is 0 Å². The Kier molecular flexibility index (Phi) is 3.27. The molecule has 12 heavy (non-hydrogen) atoms. The summed E-state index contributed by atoms with van der Waals surface area (Å²) in [6.07, 6.45) is 0.951. The average Bonchev–Trinajstić information content (AvgIpc) is 2.05. The third-order valence-corrected chi connectivity index (χ3v) is 2.39. The second kappa shape index (κ2) is 4.04. The van der Waals surface area contributed by atoms with Gasteiger partial charge in [0, 0.05) is 10.4 Å². The van der Waals surface area contributed by atoms with Crippen LogP contribution in [0.25, 0.3) is 0 Å². The van der Waals surface area contributed by atoms with E-state index in [-0.39, 0.29) is 10.6 Å². The smallest absolute Gasteiger partial charge is 0.127 e. The molecule has 0 aliphatic heterocycles. The largest absolute Gasteiger partial charge is 0.207 e. The van der Waals surface area contributed by atoms with Gasteiger partial charge in [-0.15, -0.1) is 0 Å². The summed E-state index contributed by atoms with van der Waals surface area (Å²) in [5.41, 5.74) is 1.92. The Morgan fingerprint density at radius 1 is 1.50 bits per heavy atom. The number of hydrogen-bond donors (Lipinski definition) is 0. The molecule has 0 fully saturated rings. The quantitative estimate of drug-likeness (QED) is 0.678. The molecule has 66 valence electrons. The van der Waals surface area contributed by atoms with E-state index >= 15 is 0 Å². The van der Waals surface area contributed by atoms with Crippen molar-refractivity contribution >= 4 is 15.9 Å². The highest BCUT2D eigenvalue weighted by Crippen LogP contribution is 2.25. The van der Waals surface area contributed by atoms with Crippen LogP contribution < -0.4 is 0 Å². The fourth-order valence-corrected chi connectivity index (χ4v) is 1.47. The molecule has 0 nitrogen and oxygen atoms in total. The van der Waals surface area contributed by atoms with Crippen LogP contribution in [-0.2, 0) is 6.42 Å². The Morgan fingerprint density at radius 2 is 2.17 bits per heavy atom. The number of benzene rings is 1. The van der Waals surface area contributed by atoms with E-state index in [4.69, 9.17) is 0 Å². The van der Waals surface area contributed by atoms with Crippen LogP contribution in [0.1, 0.15) is 29.8 Å². The van der Waals surface area contributed by atoms with E-state index in [1.807, 2.05) is 19.1 Å². The van der Waals surface area contributed by atoms with Gasteiger partial charge in [-0.2, -0.15) is 0 Å². The Morgan fingerprint density at radius 3 is 2.67 bits per heavy atom. The maximum Gasteiger partial charge on any atom is 0.127 e. The third kappa shape index (κ3) is 2.07. The van der Waals surface area contributed by atoms with Gasteiger partial charge in [0.2, 0.25) is 0 Å². The van der Waals surface area contributed by atoms with Crippen molar-refractivity contribution in [3.63, 3.8) is 0 Å². The summed E-state index contributed by atoms with van der Waals surface area (Å²) in [4.78, 5) is 0.0870. The number of alkyl halides is 1. The van der Waals surface area contributed by atoms with Crippen LogP contribution in [0.2, 0.25) is 0 Å². The predicted molar refractivity (Wildman–Crippen MR) is 53.1 cm³/mol. The average molecular weight is 231 g/mol. The van der Waals surface area contributed by atoms with Gasteiger partial charge in [-0.05, 0) is 25.0 Å². The summed E-state index contributed by atoms with van der Waals surface area (Å²) >= 11 is 3.36. The van der Waals surface area contributed by atoms with Gasteiger partial charge in [0.25, 0.3) is 0 Å². The van der Waals surface area contributed by atoms with Crippen molar-refractivity contribution in [2.45, 2.75) is 25.1 Å².